The minimum Gasteiger partial charge on any atom is -0.495 e. The van der Waals surface area contributed by atoms with Crippen LogP contribution in [0.4, 0.5) is 5.69 Å². The van der Waals surface area contributed by atoms with Gasteiger partial charge in [0.25, 0.3) is 0 Å². The molecule has 10 heteroatoms. The molecule has 0 aliphatic heterocycles. The van der Waals surface area contributed by atoms with Crippen LogP contribution in [-0.2, 0) is 14.8 Å². The Hall–Kier alpha value is -2.04. The average molecular weight is 319 g/mol. The van der Waals surface area contributed by atoms with Gasteiger partial charge >= 0.3 is 0 Å². The minimum atomic E-state index is -4.06. The lowest BCUT2D eigenvalue weighted by atomic mass is 10.3. The number of anilines is 1. The van der Waals surface area contributed by atoms with Crippen molar-refractivity contribution in [3.8, 4) is 11.5 Å². The molecule has 0 aromatic heterocycles. The standard InChI is InChI=1S/C11H17N3O6S/c1-19-8-4-9(20-2)10(3-6(8)12)21(17,18)14-5-7(15)11(13)16/h3-4,7,14-15H,5,12H2,1-2H3,(H2,13,16). The summed E-state index contributed by atoms with van der Waals surface area (Å²) < 4.78 is 36.3. The first-order valence-electron chi connectivity index (χ1n) is 5.71. The molecule has 0 spiro atoms. The van der Waals surface area contributed by atoms with Crippen LogP contribution in [-0.4, -0.2) is 46.3 Å². The van der Waals surface area contributed by atoms with Gasteiger partial charge in [-0.2, -0.15) is 0 Å². The summed E-state index contributed by atoms with van der Waals surface area (Å²) >= 11 is 0. The van der Waals surface area contributed by atoms with Crippen LogP contribution in [0, 0.1) is 0 Å². The Bertz CT molecular complexity index is 631. The van der Waals surface area contributed by atoms with Crippen molar-refractivity contribution in [3.63, 3.8) is 0 Å². The Balaban J connectivity index is 3.13. The molecule has 0 aliphatic rings. The number of primary amides is 1. The van der Waals surface area contributed by atoms with Crippen molar-refractivity contribution in [1.82, 2.24) is 4.72 Å². The number of rotatable bonds is 7. The molecule has 0 aliphatic carbocycles. The predicted molar refractivity (Wildman–Crippen MR) is 74.3 cm³/mol. The van der Waals surface area contributed by atoms with Crippen LogP contribution < -0.4 is 25.7 Å². The normalized spacial score (nSPS) is 12.7. The zero-order valence-electron chi connectivity index (χ0n) is 11.5. The third-order valence-corrected chi connectivity index (χ3v) is 4.05. The molecule has 1 aromatic carbocycles. The number of aliphatic hydroxyl groups is 1. The second kappa shape index (κ2) is 6.61. The quantitative estimate of drug-likeness (QED) is 0.442. The number of aliphatic hydroxyl groups excluding tert-OH is 1. The van der Waals surface area contributed by atoms with E-state index in [2.05, 4.69) is 0 Å². The van der Waals surface area contributed by atoms with E-state index in [1.54, 1.807) is 0 Å². The lowest BCUT2D eigenvalue weighted by molar-refractivity contribution is -0.125. The lowest BCUT2D eigenvalue weighted by Crippen LogP contribution is -2.40. The summed E-state index contributed by atoms with van der Waals surface area (Å²) in [5.74, 6) is -0.788. The summed E-state index contributed by atoms with van der Waals surface area (Å²) in [6, 6.07) is 2.46. The van der Waals surface area contributed by atoms with Gasteiger partial charge in [0.1, 0.15) is 22.5 Å². The smallest absolute Gasteiger partial charge is 0.247 e. The van der Waals surface area contributed by atoms with Crippen molar-refractivity contribution in [3.05, 3.63) is 12.1 Å². The summed E-state index contributed by atoms with van der Waals surface area (Å²) in [6.07, 6.45) is -1.64. The van der Waals surface area contributed by atoms with Crippen LogP contribution >= 0.6 is 0 Å². The maximum Gasteiger partial charge on any atom is 0.247 e. The second-order valence-corrected chi connectivity index (χ2v) is 5.75. The first-order chi connectivity index (χ1) is 9.72. The number of nitrogens with two attached hydrogens (primary N) is 2. The molecule has 0 fully saturated rings. The van der Waals surface area contributed by atoms with Crippen molar-refractivity contribution >= 4 is 21.6 Å². The first kappa shape index (κ1) is 17.0. The molecule has 0 radical (unpaired) electrons. The molecule has 118 valence electrons. The van der Waals surface area contributed by atoms with E-state index in [9.17, 15) is 18.3 Å². The van der Waals surface area contributed by atoms with Crippen LogP contribution in [0.2, 0.25) is 0 Å². The number of sulfonamides is 1. The first-order valence-corrected chi connectivity index (χ1v) is 7.19. The van der Waals surface area contributed by atoms with E-state index in [4.69, 9.17) is 20.9 Å². The van der Waals surface area contributed by atoms with E-state index >= 15 is 0 Å². The molecule has 0 saturated heterocycles. The molecule has 1 aromatic rings. The van der Waals surface area contributed by atoms with Crippen molar-refractivity contribution < 1.29 is 27.8 Å². The van der Waals surface area contributed by atoms with Crippen molar-refractivity contribution in [1.29, 1.82) is 0 Å². The number of benzene rings is 1. The van der Waals surface area contributed by atoms with Gasteiger partial charge in [-0.05, 0) is 6.07 Å². The van der Waals surface area contributed by atoms with Gasteiger partial charge in [0.05, 0.1) is 19.9 Å². The van der Waals surface area contributed by atoms with E-state index in [-0.39, 0.29) is 22.1 Å². The Kier molecular flexibility index (Phi) is 5.35. The number of carbonyl (C=O) groups is 1. The van der Waals surface area contributed by atoms with E-state index < -0.39 is 28.6 Å². The van der Waals surface area contributed by atoms with Crippen LogP contribution in [0.3, 0.4) is 0 Å². The maximum atomic E-state index is 12.1. The zero-order valence-corrected chi connectivity index (χ0v) is 12.3. The lowest BCUT2D eigenvalue weighted by Gasteiger charge is -2.14. The Labute approximate surface area is 121 Å². The number of nitrogens with one attached hydrogen (secondary N) is 1. The van der Waals surface area contributed by atoms with Crippen molar-refractivity contribution in [2.24, 2.45) is 5.73 Å². The topological polar surface area (TPSA) is 154 Å². The number of hydrogen-bond acceptors (Lipinski definition) is 7. The molecule has 9 nitrogen and oxygen atoms in total. The highest BCUT2D eigenvalue weighted by Gasteiger charge is 2.23. The summed E-state index contributed by atoms with van der Waals surface area (Å²) in [6.45, 7) is -0.563. The highest BCUT2D eigenvalue weighted by molar-refractivity contribution is 7.89. The third kappa shape index (κ3) is 3.97. The monoisotopic (exact) mass is 319 g/mol. The Morgan fingerprint density at radius 2 is 1.90 bits per heavy atom. The second-order valence-electron chi connectivity index (χ2n) is 4.02. The molecule has 0 heterocycles. The molecule has 21 heavy (non-hydrogen) atoms. The number of amides is 1. The summed E-state index contributed by atoms with van der Waals surface area (Å²) in [5.41, 5.74) is 10.6. The number of methoxy groups -OCH3 is 2. The van der Waals surface area contributed by atoms with Gasteiger partial charge < -0.3 is 26.0 Å². The highest BCUT2D eigenvalue weighted by Crippen LogP contribution is 2.33. The Morgan fingerprint density at radius 1 is 1.33 bits per heavy atom. The largest absolute Gasteiger partial charge is 0.495 e. The van der Waals surface area contributed by atoms with Gasteiger partial charge in [-0.25, -0.2) is 13.1 Å². The van der Waals surface area contributed by atoms with Gasteiger partial charge in [-0.15, -0.1) is 0 Å². The number of hydrogen-bond donors (Lipinski definition) is 4. The van der Waals surface area contributed by atoms with E-state index in [1.165, 1.54) is 20.3 Å². The molecule has 1 atom stereocenters. The van der Waals surface area contributed by atoms with Crippen LogP contribution in [0.15, 0.2) is 17.0 Å². The number of carbonyl (C=O) groups excluding carboxylic acids is 1. The molecule has 6 N–H and O–H groups in total. The molecule has 0 bridgehead atoms. The van der Waals surface area contributed by atoms with Crippen molar-refractivity contribution in [2.45, 2.75) is 11.0 Å². The average Bonchev–Trinajstić information content (AvgIpc) is 2.44. The van der Waals surface area contributed by atoms with Crippen LogP contribution in [0.5, 0.6) is 11.5 Å². The van der Waals surface area contributed by atoms with Crippen LogP contribution in [0.25, 0.3) is 0 Å². The number of nitrogen functional groups attached to an aromatic ring is 1. The SMILES string of the molecule is COc1cc(OC)c(S(=O)(=O)NCC(O)C(N)=O)cc1N. The van der Waals surface area contributed by atoms with Crippen LogP contribution in [0.1, 0.15) is 0 Å². The van der Waals surface area contributed by atoms with Gasteiger partial charge in [0, 0.05) is 12.6 Å². The molecule has 1 rings (SSSR count). The fourth-order valence-corrected chi connectivity index (χ4v) is 2.69. The highest BCUT2D eigenvalue weighted by atomic mass is 32.2. The molecular weight excluding hydrogens is 302 g/mol. The van der Waals surface area contributed by atoms with Gasteiger partial charge in [0.2, 0.25) is 15.9 Å². The van der Waals surface area contributed by atoms with E-state index in [0.717, 1.165) is 6.07 Å². The van der Waals surface area contributed by atoms with Gasteiger partial charge in [-0.1, -0.05) is 0 Å². The van der Waals surface area contributed by atoms with Gasteiger partial charge in [-0.3, -0.25) is 4.79 Å². The molecule has 1 unspecified atom stereocenters. The third-order valence-electron chi connectivity index (χ3n) is 2.60. The molecule has 0 saturated carbocycles. The minimum absolute atomic E-state index is 0.00196. The fourth-order valence-electron chi connectivity index (χ4n) is 1.47. The maximum absolute atomic E-state index is 12.1. The summed E-state index contributed by atoms with van der Waals surface area (Å²) in [5, 5.41) is 9.22. The summed E-state index contributed by atoms with van der Waals surface area (Å²) in [4.78, 5) is 10.4. The van der Waals surface area contributed by atoms with Crippen molar-refractivity contribution in [2.75, 3.05) is 26.5 Å². The Morgan fingerprint density at radius 3 is 2.38 bits per heavy atom. The summed E-state index contributed by atoms with van der Waals surface area (Å²) in [7, 11) is -1.40. The number of ether oxygens (including phenoxy) is 2. The van der Waals surface area contributed by atoms with Gasteiger partial charge in [0.15, 0.2) is 0 Å². The fraction of sp³-hybridized carbons (Fsp3) is 0.364. The predicted octanol–water partition coefficient (Wildman–Crippen LogP) is -1.59. The van der Waals surface area contributed by atoms with E-state index in [1.807, 2.05) is 4.72 Å². The van der Waals surface area contributed by atoms with E-state index in [0.29, 0.717) is 0 Å². The molecular formula is C11H17N3O6S. The zero-order chi connectivity index (χ0) is 16.2. The molecule has 1 amide bonds.